The smallest absolute Gasteiger partial charge is 0.239 e. The predicted octanol–water partition coefficient (Wildman–Crippen LogP) is 2.36. The second-order valence-electron chi connectivity index (χ2n) is 6.29. The zero-order chi connectivity index (χ0) is 14.4. The molecule has 2 aromatic rings. The Kier molecular flexibility index (Phi) is 3.00. The van der Waals surface area contributed by atoms with Gasteiger partial charge in [0, 0.05) is 37.4 Å². The van der Waals surface area contributed by atoms with E-state index < -0.39 is 0 Å². The molecule has 0 spiro atoms. The summed E-state index contributed by atoms with van der Waals surface area (Å²) < 4.78 is 0. The lowest BCUT2D eigenvalue weighted by Crippen LogP contribution is -2.58. The Morgan fingerprint density at radius 1 is 1.33 bits per heavy atom. The summed E-state index contributed by atoms with van der Waals surface area (Å²) in [6, 6.07) is 8.91. The monoisotopic (exact) mass is 283 g/mol. The van der Waals surface area contributed by atoms with Gasteiger partial charge in [-0.05, 0) is 36.8 Å². The van der Waals surface area contributed by atoms with Crippen LogP contribution in [0.3, 0.4) is 0 Å². The highest BCUT2D eigenvalue weighted by Gasteiger charge is 2.40. The van der Waals surface area contributed by atoms with Crippen LogP contribution in [0.4, 0.5) is 0 Å². The molecule has 1 amide bonds. The van der Waals surface area contributed by atoms with E-state index in [2.05, 4.69) is 39.0 Å². The zero-order valence-corrected chi connectivity index (χ0v) is 12.4. The average molecular weight is 283 g/mol. The standard InChI is InChI=1S/C17H21N3O/c1-12-17(21)20-9-3-6-15(20)11-19(12)10-14-5-2-4-13-7-8-18-16(13)14/h2,4-5,7-8,12,15,18H,3,6,9-11H2,1H3/t12-,15-/m0/s1. The molecule has 21 heavy (non-hydrogen) atoms. The second kappa shape index (κ2) is 4.88. The van der Waals surface area contributed by atoms with Gasteiger partial charge in [-0.25, -0.2) is 0 Å². The molecule has 4 heteroatoms. The van der Waals surface area contributed by atoms with Crippen LogP contribution in [-0.4, -0.2) is 45.9 Å². The van der Waals surface area contributed by atoms with Gasteiger partial charge in [-0.3, -0.25) is 9.69 Å². The number of para-hydroxylation sites is 1. The van der Waals surface area contributed by atoms with E-state index in [0.29, 0.717) is 11.9 Å². The first-order chi connectivity index (χ1) is 10.2. The highest BCUT2D eigenvalue weighted by Crippen LogP contribution is 2.28. The number of hydrogen-bond acceptors (Lipinski definition) is 2. The van der Waals surface area contributed by atoms with E-state index in [1.807, 2.05) is 13.1 Å². The van der Waals surface area contributed by atoms with Crippen molar-refractivity contribution in [3.63, 3.8) is 0 Å². The number of aromatic nitrogens is 1. The molecule has 110 valence electrons. The lowest BCUT2D eigenvalue weighted by Gasteiger charge is -2.41. The Hall–Kier alpha value is -1.81. The van der Waals surface area contributed by atoms with Crippen LogP contribution >= 0.6 is 0 Å². The van der Waals surface area contributed by atoms with Crippen molar-refractivity contribution in [1.82, 2.24) is 14.8 Å². The molecule has 0 bridgehead atoms. The maximum absolute atomic E-state index is 12.5. The number of H-pyrrole nitrogens is 1. The zero-order valence-electron chi connectivity index (χ0n) is 12.4. The van der Waals surface area contributed by atoms with Gasteiger partial charge in [0.2, 0.25) is 5.91 Å². The van der Waals surface area contributed by atoms with Crippen LogP contribution in [0.5, 0.6) is 0 Å². The minimum Gasteiger partial charge on any atom is -0.361 e. The van der Waals surface area contributed by atoms with Crippen molar-refractivity contribution in [3.05, 3.63) is 36.0 Å². The summed E-state index contributed by atoms with van der Waals surface area (Å²) in [4.78, 5) is 20.3. The fourth-order valence-electron chi connectivity index (χ4n) is 3.84. The molecule has 3 heterocycles. The van der Waals surface area contributed by atoms with Gasteiger partial charge < -0.3 is 9.88 Å². The van der Waals surface area contributed by atoms with Gasteiger partial charge in [0.1, 0.15) is 0 Å². The lowest BCUT2D eigenvalue weighted by molar-refractivity contribution is -0.143. The Morgan fingerprint density at radius 2 is 2.24 bits per heavy atom. The van der Waals surface area contributed by atoms with Crippen LogP contribution < -0.4 is 0 Å². The molecule has 2 fully saturated rings. The maximum atomic E-state index is 12.5. The molecule has 2 aliphatic heterocycles. The fourth-order valence-corrected chi connectivity index (χ4v) is 3.84. The Labute approximate surface area is 124 Å². The molecule has 2 atom stereocenters. The van der Waals surface area contributed by atoms with Crippen LogP contribution in [0.1, 0.15) is 25.3 Å². The minimum atomic E-state index is -0.00966. The number of aromatic amines is 1. The fraction of sp³-hybridized carbons (Fsp3) is 0.471. The Balaban J connectivity index is 1.61. The van der Waals surface area contributed by atoms with Gasteiger partial charge in [-0.1, -0.05) is 18.2 Å². The van der Waals surface area contributed by atoms with Crippen molar-refractivity contribution < 1.29 is 4.79 Å². The van der Waals surface area contributed by atoms with Crippen LogP contribution in [-0.2, 0) is 11.3 Å². The van der Waals surface area contributed by atoms with Gasteiger partial charge >= 0.3 is 0 Å². The third-order valence-corrected chi connectivity index (χ3v) is 5.06. The number of carbonyl (C=O) groups is 1. The third kappa shape index (κ3) is 2.05. The van der Waals surface area contributed by atoms with Crippen molar-refractivity contribution in [2.75, 3.05) is 13.1 Å². The summed E-state index contributed by atoms with van der Waals surface area (Å²) in [5, 5.41) is 1.24. The summed E-state index contributed by atoms with van der Waals surface area (Å²) in [5.41, 5.74) is 2.48. The first kappa shape index (κ1) is 12.9. The highest BCUT2D eigenvalue weighted by molar-refractivity contribution is 5.84. The molecule has 1 aromatic carbocycles. The van der Waals surface area contributed by atoms with E-state index in [4.69, 9.17) is 0 Å². The number of carbonyl (C=O) groups excluding carboxylic acids is 1. The van der Waals surface area contributed by atoms with Crippen LogP contribution in [0, 0.1) is 0 Å². The Morgan fingerprint density at radius 3 is 3.14 bits per heavy atom. The van der Waals surface area contributed by atoms with E-state index >= 15 is 0 Å². The molecule has 4 nitrogen and oxygen atoms in total. The number of fused-ring (bicyclic) bond motifs is 2. The number of benzene rings is 1. The molecule has 0 unspecified atom stereocenters. The molecule has 2 saturated heterocycles. The summed E-state index contributed by atoms with van der Waals surface area (Å²) in [5.74, 6) is 0.308. The molecule has 2 aliphatic rings. The quantitative estimate of drug-likeness (QED) is 0.919. The van der Waals surface area contributed by atoms with Gasteiger partial charge in [0.25, 0.3) is 0 Å². The molecule has 0 aliphatic carbocycles. The van der Waals surface area contributed by atoms with E-state index in [-0.39, 0.29) is 6.04 Å². The van der Waals surface area contributed by atoms with Gasteiger partial charge in [0.05, 0.1) is 6.04 Å². The van der Waals surface area contributed by atoms with E-state index in [9.17, 15) is 4.79 Å². The van der Waals surface area contributed by atoms with E-state index in [1.54, 1.807) is 0 Å². The normalized spacial score (nSPS) is 26.5. The molecular weight excluding hydrogens is 262 g/mol. The van der Waals surface area contributed by atoms with Gasteiger partial charge in [0.15, 0.2) is 0 Å². The topological polar surface area (TPSA) is 39.3 Å². The summed E-state index contributed by atoms with van der Waals surface area (Å²) >= 11 is 0. The van der Waals surface area contributed by atoms with Crippen LogP contribution in [0.25, 0.3) is 10.9 Å². The molecule has 1 N–H and O–H groups in total. The average Bonchev–Trinajstić information content (AvgIpc) is 3.13. The van der Waals surface area contributed by atoms with Crippen molar-refractivity contribution in [2.45, 2.75) is 38.4 Å². The first-order valence-corrected chi connectivity index (χ1v) is 7.83. The van der Waals surface area contributed by atoms with Crippen LogP contribution in [0.2, 0.25) is 0 Å². The first-order valence-electron chi connectivity index (χ1n) is 7.83. The summed E-state index contributed by atoms with van der Waals surface area (Å²) in [6.45, 7) is 4.85. The van der Waals surface area contributed by atoms with E-state index in [0.717, 1.165) is 32.5 Å². The molecular formula is C17H21N3O. The second-order valence-corrected chi connectivity index (χ2v) is 6.29. The Bertz CT molecular complexity index is 677. The minimum absolute atomic E-state index is 0.00966. The number of hydrogen-bond donors (Lipinski definition) is 1. The summed E-state index contributed by atoms with van der Waals surface area (Å²) in [7, 11) is 0. The maximum Gasteiger partial charge on any atom is 0.239 e. The number of nitrogens with zero attached hydrogens (tertiary/aromatic N) is 2. The third-order valence-electron chi connectivity index (χ3n) is 5.06. The number of nitrogens with one attached hydrogen (secondary N) is 1. The highest BCUT2D eigenvalue weighted by atomic mass is 16.2. The summed E-state index contributed by atoms with van der Waals surface area (Å²) in [6.07, 6.45) is 4.29. The predicted molar refractivity (Wildman–Crippen MR) is 82.9 cm³/mol. The number of rotatable bonds is 2. The van der Waals surface area contributed by atoms with Crippen molar-refractivity contribution in [3.8, 4) is 0 Å². The van der Waals surface area contributed by atoms with Crippen molar-refractivity contribution in [2.24, 2.45) is 0 Å². The van der Waals surface area contributed by atoms with E-state index in [1.165, 1.54) is 16.5 Å². The van der Waals surface area contributed by atoms with Gasteiger partial charge in [-0.2, -0.15) is 0 Å². The van der Waals surface area contributed by atoms with Crippen LogP contribution in [0.15, 0.2) is 30.5 Å². The van der Waals surface area contributed by atoms with Gasteiger partial charge in [-0.15, -0.1) is 0 Å². The molecule has 1 aromatic heterocycles. The number of piperazine rings is 1. The largest absolute Gasteiger partial charge is 0.361 e. The lowest BCUT2D eigenvalue weighted by atomic mass is 10.0. The molecule has 4 rings (SSSR count). The molecule has 0 radical (unpaired) electrons. The number of amides is 1. The molecule has 0 saturated carbocycles. The SMILES string of the molecule is C[C@H]1C(=O)N2CCC[C@H]2CN1Cc1cccc2cc[nH]c12. The van der Waals surface area contributed by atoms with Crippen molar-refractivity contribution in [1.29, 1.82) is 0 Å². The van der Waals surface area contributed by atoms with Crippen molar-refractivity contribution >= 4 is 16.8 Å².